The molecule has 3 aromatic rings. The first-order chi connectivity index (χ1) is 16.4. The lowest BCUT2D eigenvalue weighted by Gasteiger charge is -2.40. The number of para-hydroxylation sites is 1. The van der Waals surface area contributed by atoms with Crippen LogP contribution in [0.1, 0.15) is 40.2 Å². The summed E-state index contributed by atoms with van der Waals surface area (Å²) in [4.78, 5) is 28.2. The lowest BCUT2D eigenvalue weighted by atomic mass is 9.87. The number of carbonyl (C=O) groups excluding carboxylic acids is 1. The SMILES string of the molecule is CN(C)CCNc1cc2c(c3oc4ccccc4c(=O)c13)CC(NC(=O)OC(C)(C)C)C(C)(C)O2. The highest BCUT2D eigenvalue weighted by Gasteiger charge is 2.40. The van der Waals surface area contributed by atoms with Crippen molar-refractivity contribution < 1.29 is 18.7 Å². The van der Waals surface area contributed by atoms with Crippen molar-refractivity contribution in [1.82, 2.24) is 10.2 Å². The Hall–Kier alpha value is -3.26. The second-order valence-electron chi connectivity index (χ2n) is 10.9. The van der Waals surface area contributed by atoms with Gasteiger partial charge in [0.1, 0.15) is 28.1 Å². The number of benzene rings is 2. The first kappa shape index (κ1) is 24.9. The molecule has 2 aromatic carbocycles. The molecule has 0 saturated heterocycles. The standard InChI is InChI=1S/C27H35N3O5/c1-26(2,3)35-25(32)29-21-14-17-20(34-27(21,4)5)15-18(28-12-13-30(6)7)22-23(31)16-10-8-9-11-19(16)33-24(17)22/h8-11,15,21,28H,12-14H2,1-7H3,(H,29,32). The van der Waals surface area contributed by atoms with Gasteiger partial charge in [0.2, 0.25) is 5.43 Å². The van der Waals surface area contributed by atoms with Crippen molar-refractivity contribution in [3.8, 4) is 5.75 Å². The third-order valence-corrected chi connectivity index (χ3v) is 6.10. The van der Waals surface area contributed by atoms with E-state index in [1.807, 2.05) is 66.9 Å². The summed E-state index contributed by atoms with van der Waals surface area (Å²) >= 11 is 0. The minimum Gasteiger partial charge on any atom is -0.485 e. The molecule has 1 aliphatic heterocycles. The molecular weight excluding hydrogens is 446 g/mol. The van der Waals surface area contributed by atoms with Crippen molar-refractivity contribution in [2.24, 2.45) is 0 Å². The molecule has 0 fully saturated rings. The molecule has 2 N–H and O–H groups in total. The maximum absolute atomic E-state index is 13.6. The van der Waals surface area contributed by atoms with Gasteiger partial charge in [-0.25, -0.2) is 4.79 Å². The molecule has 0 saturated carbocycles. The van der Waals surface area contributed by atoms with Gasteiger partial charge in [0, 0.05) is 31.1 Å². The number of carbonyl (C=O) groups is 1. The van der Waals surface area contributed by atoms with E-state index in [4.69, 9.17) is 13.9 Å². The number of anilines is 1. The van der Waals surface area contributed by atoms with Gasteiger partial charge < -0.3 is 29.4 Å². The van der Waals surface area contributed by atoms with Crippen LogP contribution in [0.25, 0.3) is 21.9 Å². The van der Waals surface area contributed by atoms with E-state index in [1.54, 1.807) is 12.1 Å². The van der Waals surface area contributed by atoms with Gasteiger partial charge in [0.05, 0.1) is 22.5 Å². The number of nitrogens with one attached hydrogen (secondary N) is 2. The summed E-state index contributed by atoms with van der Waals surface area (Å²) in [6, 6.07) is 8.72. The molecule has 35 heavy (non-hydrogen) atoms. The van der Waals surface area contributed by atoms with Gasteiger partial charge in [-0.15, -0.1) is 0 Å². The third-order valence-electron chi connectivity index (χ3n) is 6.10. The Morgan fingerprint density at radius 2 is 1.94 bits per heavy atom. The molecule has 1 aromatic heterocycles. The van der Waals surface area contributed by atoms with Crippen LogP contribution >= 0.6 is 0 Å². The molecule has 0 aliphatic carbocycles. The molecule has 8 heteroatoms. The van der Waals surface area contributed by atoms with Crippen LogP contribution in [0.15, 0.2) is 39.5 Å². The zero-order chi connectivity index (χ0) is 25.5. The monoisotopic (exact) mass is 481 g/mol. The fraction of sp³-hybridized carbons (Fsp3) is 0.481. The van der Waals surface area contributed by atoms with Crippen LogP contribution in [-0.2, 0) is 11.2 Å². The summed E-state index contributed by atoms with van der Waals surface area (Å²) in [5.41, 5.74) is 0.988. The van der Waals surface area contributed by atoms with E-state index in [2.05, 4.69) is 15.5 Å². The maximum Gasteiger partial charge on any atom is 0.408 e. The summed E-state index contributed by atoms with van der Waals surface area (Å²) < 4.78 is 18.2. The van der Waals surface area contributed by atoms with Gasteiger partial charge in [0.15, 0.2) is 0 Å². The van der Waals surface area contributed by atoms with E-state index >= 15 is 0 Å². The number of hydrogen-bond donors (Lipinski definition) is 2. The highest BCUT2D eigenvalue weighted by molar-refractivity contribution is 6.00. The predicted octanol–water partition coefficient (Wildman–Crippen LogP) is 4.53. The molecule has 1 amide bonds. The second-order valence-corrected chi connectivity index (χ2v) is 10.9. The number of fused-ring (bicyclic) bond motifs is 4. The normalized spacial score (nSPS) is 17.2. The van der Waals surface area contributed by atoms with Crippen molar-refractivity contribution in [3.05, 3.63) is 46.1 Å². The Kier molecular flexibility index (Phi) is 6.44. The van der Waals surface area contributed by atoms with Crippen LogP contribution in [0.3, 0.4) is 0 Å². The average molecular weight is 482 g/mol. The molecule has 2 heterocycles. The fourth-order valence-electron chi connectivity index (χ4n) is 4.32. The minimum absolute atomic E-state index is 0.0986. The summed E-state index contributed by atoms with van der Waals surface area (Å²) in [6.45, 7) is 10.8. The average Bonchev–Trinajstić information content (AvgIpc) is 2.73. The van der Waals surface area contributed by atoms with Gasteiger partial charge in [-0.1, -0.05) is 12.1 Å². The van der Waals surface area contributed by atoms with Crippen LogP contribution in [0.5, 0.6) is 5.75 Å². The van der Waals surface area contributed by atoms with E-state index in [0.29, 0.717) is 46.3 Å². The molecule has 0 radical (unpaired) electrons. The smallest absolute Gasteiger partial charge is 0.408 e. The zero-order valence-corrected chi connectivity index (χ0v) is 21.6. The summed E-state index contributed by atoms with van der Waals surface area (Å²) in [6.07, 6.45) is -0.0852. The largest absolute Gasteiger partial charge is 0.485 e. The minimum atomic E-state index is -0.713. The molecular formula is C27H35N3O5. The van der Waals surface area contributed by atoms with Crippen LogP contribution < -0.4 is 20.8 Å². The number of ether oxygens (including phenoxy) is 2. The Morgan fingerprint density at radius 1 is 1.23 bits per heavy atom. The van der Waals surface area contributed by atoms with Crippen molar-refractivity contribution in [2.75, 3.05) is 32.5 Å². The first-order valence-electron chi connectivity index (χ1n) is 11.9. The van der Waals surface area contributed by atoms with Gasteiger partial charge in [0.25, 0.3) is 0 Å². The Labute approximate surface area is 205 Å². The van der Waals surface area contributed by atoms with E-state index in [9.17, 15) is 9.59 Å². The zero-order valence-electron chi connectivity index (χ0n) is 21.6. The number of amides is 1. The van der Waals surface area contributed by atoms with Crippen LogP contribution in [0.2, 0.25) is 0 Å². The number of alkyl carbamates (subject to hydrolysis) is 1. The maximum atomic E-state index is 13.6. The lowest BCUT2D eigenvalue weighted by molar-refractivity contribution is 0.0223. The molecule has 0 spiro atoms. The summed E-state index contributed by atoms with van der Waals surface area (Å²) in [5, 5.41) is 7.37. The van der Waals surface area contributed by atoms with Crippen LogP contribution in [0.4, 0.5) is 10.5 Å². The molecule has 4 rings (SSSR count). The number of likely N-dealkylation sites (N-methyl/N-ethyl adjacent to an activating group) is 1. The highest BCUT2D eigenvalue weighted by Crippen LogP contribution is 2.41. The number of nitrogens with zero attached hydrogens (tertiary/aromatic N) is 1. The number of hydrogen-bond acceptors (Lipinski definition) is 7. The lowest BCUT2D eigenvalue weighted by Crippen LogP contribution is -2.56. The van der Waals surface area contributed by atoms with Gasteiger partial charge in [-0.05, 0) is 60.8 Å². The predicted molar refractivity (Wildman–Crippen MR) is 139 cm³/mol. The molecule has 1 atom stereocenters. The molecule has 8 nitrogen and oxygen atoms in total. The second kappa shape index (κ2) is 9.07. The summed E-state index contributed by atoms with van der Waals surface area (Å²) in [7, 11) is 4.00. The van der Waals surface area contributed by atoms with Crippen LogP contribution in [0, 0.1) is 0 Å². The first-order valence-corrected chi connectivity index (χ1v) is 11.9. The molecule has 1 unspecified atom stereocenters. The van der Waals surface area contributed by atoms with Crippen LogP contribution in [-0.4, -0.2) is 55.4 Å². The molecule has 1 aliphatic rings. The molecule has 0 bridgehead atoms. The van der Waals surface area contributed by atoms with E-state index in [0.717, 1.165) is 12.1 Å². The van der Waals surface area contributed by atoms with Crippen molar-refractivity contribution in [1.29, 1.82) is 0 Å². The Bertz CT molecular complexity index is 1320. The van der Waals surface area contributed by atoms with Crippen molar-refractivity contribution in [2.45, 2.75) is 58.3 Å². The van der Waals surface area contributed by atoms with Gasteiger partial charge in [-0.2, -0.15) is 0 Å². The Balaban J connectivity index is 1.83. The fourth-order valence-corrected chi connectivity index (χ4v) is 4.32. The highest BCUT2D eigenvalue weighted by atomic mass is 16.6. The van der Waals surface area contributed by atoms with E-state index < -0.39 is 23.3 Å². The summed E-state index contributed by atoms with van der Waals surface area (Å²) in [5.74, 6) is 0.635. The molecule has 188 valence electrons. The quantitative estimate of drug-likeness (QED) is 0.517. The third kappa shape index (κ3) is 5.22. The Morgan fingerprint density at radius 3 is 2.63 bits per heavy atom. The van der Waals surface area contributed by atoms with Gasteiger partial charge >= 0.3 is 6.09 Å². The van der Waals surface area contributed by atoms with Crippen molar-refractivity contribution >= 4 is 33.7 Å². The topological polar surface area (TPSA) is 93.0 Å². The van der Waals surface area contributed by atoms with E-state index in [1.165, 1.54) is 0 Å². The van der Waals surface area contributed by atoms with Gasteiger partial charge in [-0.3, -0.25) is 4.79 Å². The van der Waals surface area contributed by atoms with Crippen molar-refractivity contribution in [3.63, 3.8) is 0 Å². The number of rotatable bonds is 5. The van der Waals surface area contributed by atoms with E-state index in [-0.39, 0.29) is 5.43 Å².